The average Bonchev–Trinajstić information content (AvgIpc) is 3.06. The molecule has 0 fully saturated rings. The van der Waals surface area contributed by atoms with E-state index in [1.807, 2.05) is 72.8 Å². The molecule has 1 aliphatic carbocycles. The van der Waals surface area contributed by atoms with Crippen LogP contribution in [0, 0.1) is 0 Å². The lowest BCUT2D eigenvalue weighted by molar-refractivity contribution is -0.117. The number of fused-ring (bicyclic) bond motifs is 1. The van der Waals surface area contributed by atoms with E-state index >= 15 is 0 Å². The van der Waals surface area contributed by atoms with Crippen molar-refractivity contribution < 1.29 is 19.1 Å². The van der Waals surface area contributed by atoms with Crippen LogP contribution in [0.4, 0.5) is 11.4 Å². The van der Waals surface area contributed by atoms with E-state index in [9.17, 15) is 9.59 Å². The van der Waals surface area contributed by atoms with Gasteiger partial charge in [-0.05, 0) is 54.7 Å². The molecule has 6 heteroatoms. The van der Waals surface area contributed by atoms with Crippen molar-refractivity contribution in [2.24, 2.45) is 0 Å². The molecular formula is C31H32N2O4. The third-order valence-corrected chi connectivity index (χ3v) is 7.09. The Morgan fingerprint density at radius 2 is 1.73 bits per heavy atom. The fraction of sp³-hybridized carbons (Fsp3) is 0.290. The first-order chi connectivity index (χ1) is 18.0. The molecule has 190 valence electrons. The van der Waals surface area contributed by atoms with Crippen LogP contribution in [0.2, 0.25) is 0 Å². The molecule has 0 saturated carbocycles. The summed E-state index contributed by atoms with van der Waals surface area (Å²) >= 11 is 0. The molecule has 0 spiro atoms. The van der Waals surface area contributed by atoms with Gasteiger partial charge in [0.2, 0.25) is 5.91 Å². The molecule has 1 aliphatic heterocycles. The van der Waals surface area contributed by atoms with Gasteiger partial charge in [0.05, 0.1) is 31.1 Å². The van der Waals surface area contributed by atoms with Crippen molar-refractivity contribution in [3.05, 3.63) is 95.2 Å². The van der Waals surface area contributed by atoms with E-state index in [-0.39, 0.29) is 17.6 Å². The van der Waals surface area contributed by atoms with Crippen LogP contribution in [0.3, 0.4) is 0 Å². The second kappa shape index (κ2) is 10.5. The van der Waals surface area contributed by atoms with Crippen LogP contribution in [0.5, 0.6) is 11.5 Å². The summed E-state index contributed by atoms with van der Waals surface area (Å²) in [4.78, 5) is 29.0. The van der Waals surface area contributed by atoms with Gasteiger partial charge in [0, 0.05) is 30.2 Å². The van der Waals surface area contributed by atoms with E-state index in [1.54, 1.807) is 18.9 Å². The highest BCUT2D eigenvalue weighted by atomic mass is 16.5. The monoisotopic (exact) mass is 496 g/mol. The van der Waals surface area contributed by atoms with Crippen LogP contribution < -0.4 is 19.7 Å². The first-order valence-electron chi connectivity index (χ1n) is 12.8. The highest BCUT2D eigenvalue weighted by Crippen LogP contribution is 2.49. The van der Waals surface area contributed by atoms with Crippen molar-refractivity contribution in [1.29, 1.82) is 0 Å². The topological polar surface area (TPSA) is 67.9 Å². The number of anilines is 2. The zero-order chi connectivity index (χ0) is 25.9. The number of methoxy groups -OCH3 is 1. The number of hydrogen-bond acceptors (Lipinski definition) is 5. The lowest BCUT2D eigenvalue weighted by Crippen LogP contribution is -2.37. The van der Waals surface area contributed by atoms with E-state index in [2.05, 4.69) is 12.2 Å². The quantitative estimate of drug-likeness (QED) is 0.427. The van der Waals surface area contributed by atoms with Crippen molar-refractivity contribution >= 4 is 23.1 Å². The third-order valence-electron chi connectivity index (χ3n) is 7.09. The molecule has 37 heavy (non-hydrogen) atoms. The number of amides is 1. The van der Waals surface area contributed by atoms with Crippen molar-refractivity contribution in [1.82, 2.24) is 0 Å². The first kappa shape index (κ1) is 24.6. The maximum atomic E-state index is 14.0. The number of para-hydroxylation sites is 3. The van der Waals surface area contributed by atoms with E-state index in [1.165, 1.54) is 0 Å². The lowest BCUT2D eigenvalue weighted by atomic mass is 9.78. The Labute approximate surface area is 217 Å². The number of rotatable bonds is 6. The predicted octanol–water partition coefficient (Wildman–Crippen LogP) is 6.40. The highest BCUT2D eigenvalue weighted by molar-refractivity contribution is 6.06. The second-order valence-electron chi connectivity index (χ2n) is 9.51. The van der Waals surface area contributed by atoms with Crippen LogP contribution in [0.25, 0.3) is 0 Å². The molecule has 0 aromatic heterocycles. The molecule has 1 amide bonds. The zero-order valence-corrected chi connectivity index (χ0v) is 21.5. The van der Waals surface area contributed by atoms with Gasteiger partial charge in [-0.3, -0.25) is 14.5 Å². The Bertz CT molecular complexity index is 1350. The number of carbonyl (C=O) groups is 2. The minimum Gasteiger partial charge on any atom is -0.497 e. The van der Waals surface area contributed by atoms with Gasteiger partial charge in [0.15, 0.2) is 5.78 Å². The van der Waals surface area contributed by atoms with Gasteiger partial charge in [-0.2, -0.15) is 0 Å². The number of allylic oxidation sites excluding steroid dienone is 1. The number of hydrogen-bond donors (Lipinski definition) is 1. The first-order valence-corrected chi connectivity index (χ1v) is 12.8. The van der Waals surface area contributed by atoms with Gasteiger partial charge in [-0.1, -0.05) is 49.4 Å². The zero-order valence-electron chi connectivity index (χ0n) is 21.5. The number of ether oxygens (including phenoxy) is 2. The Hall–Kier alpha value is -4.06. The number of benzene rings is 3. The summed E-state index contributed by atoms with van der Waals surface area (Å²) < 4.78 is 11.4. The molecule has 0 unspecified atom stereocenters. The number of nitrogens with zero attached hydrogens (tertiary/aromatic N) is 1. The summed E-state index contributed by atoms with van der Waals surface area (Å²) in [6.07, 6.45) is 1.88. The Balaban J connectivity index is 1.68. The van der Waals surface area contributed by atoms with Gasteiger partial charge in [0.1, 0.15) is 11.5 Å². The standard InChI is InChI=1S/C31H32N2O4/c1-4-17-37-29-12-8-5-9-24(29)31-30-26(32-25-10-6-7-11-27(25)33(31)20(2)34)18-22(19-28(30)35)21-13-15-23(36-3)16-14-21/h5-16,22,31-32H,4,17-19H2,1-3H3/t22-,31-/m0/s1. The molecule has 2 aliphatic rings. The number of Topliss-reactive ketones (excluding diaryl/α,β-unsaturated/α-hetero) is 1. The molecule has 6 nitrogen and oxygen atoms in total. The summed E-state index contributed by atoms with van der Waals surface area (Å²) in [6.45, 7) is 4.16. The fourth-order valence-corrected chi connectivity index (χ4v) is 5.39. The predicted molar refractivity (Wildman–Crippen MR) is 145 cm³/mol. The van der Waals surface area contributed by atoms with Crippen molar-refractivity contribution in [2.45, 2.75) is 45.1 Å². The van der Waals surface area contributed by atoms with Crippen molar-refractivity contribution in [3.63, 3.8) is 0 Å². The molecule has 3 aromatic rings. The maximum Gasteiger partial charge on any atom is 0.224 e. The largest absolute Gasteiger partial charge is 0.497 e. The molecule has 2 atom stereocenters. The van der Waals surface area contributed by atoms with E-state index in [4.69, 9.17) is 9.47 Å². The van der Waals surface area contributed by atoms with Crippen LogP contribution in [0.15, 0.2) is 84.1 Å². The molecular weight excluding hydrogens is 464 g/mol. The van der Waals surface area contributed by atoms with Gasteiger partial charge >= 0.3 is 0 Å². The van der Waals surface area contributed by atoms with Crippen LogP contribution in [-0.2, 0) is 9.59 Å². The van der Waals surface area contributed by atoms with Crippen LogP contribution in [-0.4, -0.2) is 25.4 Å². The van der Waals surface area contributed by atoms with Crippen molar-refractivity contribution in [3.8, 4) is 11.5 Å². The van der Waals surface area contributed by atoms with Crippen LogP contribution in [0.1, 0.15) is 56.2 Å². The van der Waals surface area contributed by atoms with Gasteiger partial charge in [0.25, 0.3) is 0 Å². The summed E-state index contributed by atoms with van der Waals surface area (Å²) in [5.41, 5.74) is 4.93. The van der Waals surface area contributed by atoms with Crippen LogP contribution >= 0.6 is 0 Å². The maximum absolute atomic E-state index is 14.0. The summed E-state index contributed by atoms with van der Waals surface area (Å²) in [5.74, 6) is 1.39. The Kier molecular flexibility index (Phi) is 6.99. The van der Waals surface area contributed by atoms with E-state index in [0.29, 0.717) is 30.8 Å². The third kappa shape index (κ3) is 4.71. The van der Waals surface area contributed by atoms with Crippen molar-refractivity contribution in [2.75, 3.05) is 23.9 Å². The molecule has 1 heterocycles. The minimum atomic E-state index is -0.596. The smallest absolute Gasteiger partial charge is 0.224 e. The minimum absolute atomic E-state index is 0.0212. The molecule has 5 rings (SSSR count). The molecule has 0 radical (unpaired) electrons. The normalized spacial score (nSPS) is 18.9. The van der Waals surface area contributed by atoms with E-state index < -0.39 is 6.04 Å². The van der Waals surface area contributed by atoms with Gasteiger partial charge < -0.3 is 14.8 Å². The summed E-state index contributed by atoms with van der Waals surface area (Å²) in [7, 11) is 1.64. The number of carbonyl (C=O) groups excluding carboxylic acids is 2. The van der Waals surface area contributed by atoms with Gasteiger partial charge in [-0.25, -0.2) is 0 Å². The number of nitrogens with one attached hydrogen (secondary N) is 1. The Morgan fingerprint density at radius 1 is 1.00 bits per heavy atom. The fourth-order valence-electron chi connectivity index (χ4n) is 5.39. The molecule has 3 aromatic carbocycles. The summed E-state index contributed by atoms with van der Waals surface area (Å²) in [6, 6.07) is 22.8. The molecule has 0 saturated heterocycles. The second-order valence-corrected chi connectivity index (χ2v) is 9.51. The highest BCUT2D eigenvalue weighted by Gasteiger charge is 2.41. The Morgan fingerprint density at radius 3 is 2.46 bits per heavy atom. The number of ketones is 1. The molecule has 0 bridgehead atoms. The summed E-state index contributed by atoms with van der Waals surface area (Å²) in [5, 5.41) is 3.56. The van der Waals surface area contributed by atoms with Gasteiger partial charge in [-0.15, -0.1) is 0 Å². The lowest BCUT2D eigenvalue weighted by Gasteiger charge is -2.35. The molecule has 1 N–H and O–H groups in total. The van der Waals surface area contributed by atoms with E-state index in [0.717, 1.165) is 40.4 Å². The SMILES string of the molecule is CCCOc1ccccc1[C@H]1C2=C(C[C@H](c3ccc(OC)cc3)CC2=O)Nc2ccccc2N1C(C)=O. The average molecular weight is 497 g/mol.